The van der Waals surface area contributed by atoms with E-state index < -0.39 is 0 Å². The summed E-state index contributed by atoms with van der Waals surface area (Å²) in [4.78, 5) is 12.7. The molecule has 2 aliphatic carbocycles. The molecule has 0 radical (unpaired) electrons. The van der Waals surface area contributed by atoms with Crippen LogP contribution in [0.2, 0.25) is 0 Å². The Morgan fingerprint density at radius 2 is 0.938 bits per heavy atom. The molecule has 16 heavy (non-hydrogen) atoms. The fourth-order valence-corrected chi connectivity index (χ4v) is 4.86. The van der Waals surface area contributed by atoms with Gasteiger partial charge in [0.2, 0.25) is 0 Å². The zero-order chi connectivity index (χ0) is 12.7. The molecule has 1 nitrogen and oxygen atoms in total. The normalized spacial score (nSPS) is 44.4. The Hall–Kier alpha value is -0.590. The van der Waals surface area contributed by atoms with Crippen molar-refractivity contribution >= 4 is 5.78 Å². The highest BCUT2D eigenvalue weighted by Crippen LogP contribution is 2.79. The van der Waals surface area contributed by atoms with Crippen LogP contribution in [0.25, 0.3) is 0 Å². The van der Waals surface area contributed by atoms with Crippen molar-refractivity contribution in [2.75, 3.05) is 0 Å². The third kappa shape index (κ3) is 0.698. The van der Waals surface area contributed by atoms with Crippen molar-refractivity contribution in [1.82, 2.24) is 0 Å². The molecule has 2 rings (SSSR count). The lowest BCUT2D eigenvalue weighted by atomic mass is 9.42. The van der Waals surface area contributed by atoms with Gasteiger partial charge in [-0.25, -0.2) is 0 Å². The van der Waals surface area contributed by atoms with Crippen LogP contribution in [-0.4, -0.2) is 5.78 Å². The van der Waals surface area contributed by atoms with E-state index in [1.54, 1.807) is 0 Å². The monoisotopic (exact) mass is 220 g/mol. The molecule has 0 bridgehead atoms. The number of rotatable bonds is 0. The van der Waals surface area contributed by atoms with Crippen molar-refractivity contribution in [3.8, 4) is 0 Å². The molecule has 90 valence electrons. The van der Waals surface area contributed by atoms with Crippen LogP contribution in [0.4, 0.5) is 0 Å². The van der Waals surface area contributed by atoms with Crippen molar-refractivity contribution in [3.05, 3.63) is 11.1 Å². The van der Waals surface area contributed by atoms with Gasteiger partial charge in [0.05, 0.1) is 0 Å². The molecule has 0 heterocycles. The minimum atomic E-state index is -0.241. The molecule has 0 spiro atoms. The zero-order valence-corrected chi connectivity index (χ0v) is 11.9. The molecule has 0 aliphatic heterocycles. The number of ketones is 1. The van der Waals surface area contributed by atoms with Crippen LogP contribution in [0.1, 0.15) is 55.4 Å². The summed E-state index contributed by atoms with van der Waals surface area (Å²) < 4.78 is 0. The van der Waals surface area contributed by atoms with E-state index in [4.69, 9.17) is 0 Å². The summed E-state index contributed by atoms with van der Waals surface area (Å²) in [5.41, 5.74) is 2.44. The molecule has 0 aromatic carbocycles. The fraction of sp³-hybridized carbons (Fsp3) is 0.800. The van der Waals surface area contributed by atoms with Crippen LogP contribution in [-0.2, 0) is 4.79 Å². The highest BCUT2D eigenvalue weighted by atomic mass is 16.1. The summed E-state index contributed by atoms with van der Waals surface area (Å²) in [6, 6.07) is 0. The molecule has 0 N–H and O–H groups in total. The number of allylic oxidation sites excluding steroid dienone is 2. The first-order valence-corrected chi connectivity index (χ1v) is 6.20. The molecule has 0 saturated heterocycles. The minimum Gasteiger partial charge on any atom is -0.298 e. The largest absolute Gasteiger partial charge is 0.298 e. The van der Waals surface area contributed by atoms with Crippen LogP contribution >= 0.6 is 0 Å². The smallest absolute Gasteiger partial charge is 0.145 e. The third-order valence-electron chi connectivity index (χ3n) is 6.70. The molecule has 1 heteroatoms. The van der Waals surface area contributed by atoms with Crippen LogP contribution in [0.3, 0.4) is 0 Å². The molecule has 1 saturated carbocycles. The van der Waals surface area contributed by atoms with E-state index >= 15 is 0 Å². The molecular weight excluding hydrogens is 196 g/mol. The maximum Gasteiger partial charge on any atom is 0.145 e. The zero-order valence-electron chi connectivity index (χ0n) is 11.9. The quantitative estimate of drug-likeness (QED) is 0.564. The predicted octanol–water partition coefficient (Wildman–Crippen LogP) is 3.98. The molecule has 2 atom stereocenters. The van der Waals surface area contributed by atoms with Gasteiger partial charge in [-0.1, -0.05) is 52.7 Å². The van der Waals surface area contributed by atoms with Gasteiger partial charge in [0.1, 0.15) is 5.78 Å². The standard InChI is InChI=1S/C15H24O/c1-9-10(2)15(8)13(5,6)11(16)12(3,4)14(9,15)7/h1-8H3. The van der Waals surface area contributed by atoms with Gasteiger partial charge in [-0.15, -0.1) is 0 Å². The van der Waals surface area contributed by atoms with Gasteiger partial charge in [0, 0.05) is 21.7 Å². The van der Waals surface area contributed by atoms with Crippen molar-refractivity contribution in [2.24, 2.45) is 21.7 Å². The highest BCUT2D eigenvalue weighted by molar-refractivity contribution is 5.96. The highest BCUT2D eigenvalue weighted by Gasteiger charge is 2.77. The van der Waals surface area contributed by atoms with Crippen LogP contribution < -0.4 is 0 Å². The summed E-state index contributed by atoms with van der Waals surface area (Å²) in [7, 11) is 0. The maximum absolute atomic E-state index is 12.7. The van der Waals surface area contributed by atoms with Gasteiger partial charge in [-0.05, 0) is 13.8 Å². The average molecular weight is 220 g/mol. The van der Waals surface area contributed by atoms with Gasteiger partial charge in [-0.3, -0.25) is 4.79 Å². The van der Waals surface area contributed by atoms with E-state index in [2.05, 4.69) is 55.4 Å². The second-order valence-corrected chi connectivity index (χ2v) is 7.08. The average Bonchev–Trinajstić information content (AvgIpc) is 2.28. The lowest BCUT2D eigenvalue weighted by Gasteiger charge is -2.61. The third-order valence-corrected chi connectivity index (χ3v) is 6.70. The lowest BCUT2D eigenvalue weighted by Crippen LogP contribution is -2.54. The van der Waals surface area contributed by atoms with E-state index in [1.807, 2.05) is 0 Å². The summed E-state index contributed by atoms with van der Waals surface area (Å²) >= 11 is 0. The number of carbonyl (C=O) groups is 1. The Balaban J connectivity index is 2.81. The van der Waals surface area contributed by atoms with Gasteiger partial charge >= 0.3 is 0 Å². The second kappa shape index (κ2) is 2.47. The first-order chi connectivity index (χ1) is 6.97. The number of carbonyl (C=O) groups excluding carboxylic acids is 1. The number of fused-ring (bicyclic) bond motifs is 1. The van der Waals surface area contributed by atoms with Gasteiger partial charge < -0.3 is 0 Å². The van der Waals surface area contributed by atoms with Crippen LogP contribution in [0.15, 0.2) is 11.1 Å². The molecule has 0 amide bonds. The number of hydrogen-bond acceptors (Lipinski definition) is 1. The summed E-state index contributed by atoms with van der Waals surface area (Å²) in [6.45, 7) is 17.5. The van der Waals surface area contributed by atoms with E-state index in [1.165, 1.54) is 11.1 Å². The predicted molar refractivity (Wildman–Crippen MR) is 67.2 cm³/mol. The van der Waals surface area contributed by atoms with Crippen molar-refractivity contribution < 1.29 is 4.79 Å². The molecule has 1 fully saturated rings. The van der Waals surface area contributed by atoms with E-state index in [9.17, 15) is 4.79 Å². The van der Waals surface area contributed by atoms with Gasteiger partial charge in [-0.2, -0.15) is 0 Å². The maximum atomic E-state index is 12.7. The van der Waals surface area contributed by atoms with Crippen molar-refractivity contribution in [3.63, 3.8) is 0 Å². The SMILES string of the molecule is CC1=C(C)C2(C)C(C)(C)C(=O)C(C)(C)C12C. The van der Waals surface area contributed by atoms with Crippen molar-refractivity contribution in [1.29, 1.82) is 0 Å². The molecule has 0 aromatic heterocycles. The summed E-state index contributed by atoms with van der Waals surface area (Å²) in [6.07, 6.45) is 0. The Kier molecular flexibility index (Phi) is 1.83. The Morgan fingerprint density at radius 3 is 1.19 bits per heavy atom. The number of Topliss-reactive ketones (excluding diaryl/α,β-unsaturated/α-hetero) is 1. The Morgan fingerprint density at radius 1 is 0.688 bits per heavy atom. The lowest BCUT2D eigenvalue weighted by molar-refractivity contribution is -0.132. The topological polar surface area (TPSA) is 17.1 Å². The molecular formula is C15H24O. The van der Waals surface area contributed by atoms with E-state index in [0.717, 1.165) is 0 Å². The molecule has 2 unspecified atom stereocenters. The van der Waals surface area contributed by atoms with Gasteiger partial charge in [0.25, 0.3) is 0 Å². The second-order valence-electron chi connectivity index (χ2n) is 7.08. The van der Waals surface area contributed by atoms with E-state index in [-0.39, 0.29) is 21.7 Å². The fourth-order valence-electron chi connectivity index (χ4n) is 4.86. The van der Waals surface area contributed by atoms with Crippen molar-refractivity contribution in [2.45, 2.75) is 55.4 Å². The number of hydrogen-bond donors (Lipinski definition) is 0. The minimum absolute atomic E-state index is 0.0324. The molecule has 0 aromatic rings. The summed E-state index contributed by atoms with van der Waals surface area (Å²) in [5.74, 6) is 0.418. The first kappa shape index (κ1) is 11.9. The van der Waals surface area contributed by atoms with E-state index in [0.29, 0.717) is 5.78 Å². The first-order valence-electron chi connectivity index (χ1n) is 6.20. The van der Waals surface area contributed by atoms with Crippen LogP contribution in [0.5, 0.6) is 0 Å². The van der Waals surface area contributed by atoms with Gasteiger partial charge in [0.15, 0.2) is 0 Å². The van der Waals surface area contributed by atoms with Crippen LogP contribution in [0, 0.1) is 21.7 Å². The Bertz CT molecular complexity index is 387. The molecule has 2 aliphatic rings. The summed E-state index contributed by atoms with van der Waals surface area (Å²) in [5, 5.41) is 0. The Labute approximate surface area is 99.3 Å².